The van der Waals surface area contributed by atoms with Gasteiger partial charge in [-0.1, -0.05) is 0 Å². The number of likely N-dealkylation sites (N-methyl/N-ethyl adjacent to an activating group) is 1. The molecule has 1 aliphatic rings. The van der Waals surface area contributed by atoms with Crippen LogP contribution in [0.25, 0.3) is 0 Å². The number of piperidine rings is 1. The molecule has 17 heavy (non-hydrogen) atoms. The van der Waals surface area contributed by atoms with Gasteiger partial charge >= 0.3 is 0 Å². The van der Waals surface area contributed by atoms with Gasteiger partial charge in [0, 0.05) is 13.6 Å². The highest BCUT2D eigenvalue weighted by molar-refractivity contribution is 5.95. The molecule has 1 aromatic heterocycles. The first-order chi connectivity index (χ1) is 8.24. The van der Waals surface area contributed by atoms with Gasteiger partial charge in [0.15, 0.2) is 5.76 Å². The minimum absolute atomic E-state index is 0.107. The zero-order valence-electron chi connectivity index (χ0n) is 9.81. The molecule has 0 bridgehead atoms. The van der Waals surface area contributed by atoms with Gasteiger partial charge in [-0.05, 0) is 31.4 Å². The Morgan fingerprint density at radius 3 is 2.94 bits per heavy atom. The average Bonchev–Trinajstić information content (AvgIpc) is 2.91. The molecule has 5 nitrogen and oxygen atoms in total. The summed E-state index contributed by atoms with van der Waals surface area (Å²) in [6, 6.07) is 2.93. The number of nitrogens with one attached hydrogen (secondary N) is 1. The quantitative estimate of drug-likeness (QED) is 0.834. The number of carbonyl (C=O) groups is 2. The van der Waals surface area contributed by atoms with E-state index < -0.39 is 0 Å². The van der Waals surface area contributed by atoms with Gasteiger partial charge in [0.05, 0.1) is 6.26 Å². The van der Waals surface area contributed by atoms with Crippen molar-refractivity contribution in [2.45, 2.75) is 25.3 Å². The van der Waals surface area contributed by atoms with Gasteiger partial charge in [0.2, 0.25) is 5.91 Å². The summed E-state index contributed by atoms with van der Waals surface area (Å²) in [6.07, 6.45) is 4.08. The Labute approximate surface area is 99.8 Å². The number of amides is 2. The molecular formula is C12H16N2O3. The summed E-state index contributed by atoms with van der Waals surface area (Å²) in [7, 11) is 1.59. The normalized spacial score (nSPS) is 20.1. The van der Waals surface area contributed by atoms with Crippen LogP contribution in [0.1, 0.15) is 29.8 Å². The molecule has 1 aromatic rings. The van der Waals surface area contributed by atoms with Crippen molar-refractivity contribution in [1.82, 2.24) is 10.2 Å². The van der Waals surface area contributed by atoms with Crippen LogP contribution in [0.3, 0.4) is 0 Å². The van der Waals surface area contributed by atoms with Crippen molar-refractivity contribution in [2.24, 2.45) is 0 Å². The lowest BCUT2D eigenvalue weighted by Crippen LogP contribution is -2.51. The van der Waals surface area contributed by atoms with Crippen molar-refractivity contribution in [3.63, 3.8) is 0 Å². The first kappa shape index (κ1) is 11.7. The minimum atomic E-state index is -0.369. The molecule has 1 fully saturated rings. The van der Waals surface area contributed by atoms with E-state index in [1.54, 1.807) is 24.1 Å². The largest absolute Gasteiger partial charge is 0.459 e. The van der Waals surface area contributed by atoms with Gasteiger partial charge in [-0.3, -0.25) is 9.59 Å². The monoisotopic (exact) mass is 236 g/mol. The summed E-state index contributed by atoms with van der Waals surface area (Å²) in [4.78, 5) is 25.5. The number of hydrogen-bond donors (Lipinski definition) is 1. The number of nitrogens with zero attached hydrogens (tertiary/aromatic N) is 1. The molecule has 92 valence electrons. The van der Waals surface area contributed by atoms with Crippen molar-refractivity contribution in [3.8, 4) is 0 Å². The Kier molecular flexibility index (Phi) is 3.46. The number of likely N-dealkylation sites (tertiary alicyclic amines) is 1. The average molecular weight is 236 g/mol. The second-order valence-electron chi connectivity index (χ2n) is 4.10. The molecule has 0 aliphatic carbocycles. The zero-order chi connectivity index (χ0) is 12.3. The molecule has 2 rings (SSSR count). The van der Waals surface area contributed by atoms with E-state index in [0.29, 0.717) is 18.7 Å². The fourth-order valence-corrected chi connectivity index (χ4v) is 2.16. The summed E-state index contributed by atoms with van der Waals surface area (Å²) in [5.41, 5.74) is 0. The van der Waals surface area contributed by atoms with Crippen LogP contribution in [0, 0.1) is 0 Å². The molecule has 0 saturated carbocycles. The van der Waals surface area contributed by atoms with Gasteiger partial charge in [-0.15, -0.1) is 0 Å². The molecule has 1 N–H and O–H groups in total. The van der Waals surface area contributed by atoms with E-state index in [9.17, 15) is 9.59 Å². The summed E-state index contributed by atoms with van der Waals surface area (Å²) in [5.74, 6) is -0.0197. The Morgan fingerprint density at radius 2 is 2.29 bits per heavy atom. The molecule has 1 aliphatic heterocycles. The van der Waals surface area contributed by atoms with Gasteiger partial charge < -0.3 is 14.6 Å². The third kappa shape index (κ3) is 2.33. The van der Waals surface area contributed by atoms with Crippen LogP contribution in [0.5, 0.6) is 0 Å². The molecule has 2 heterocycles. The third-order valence-corrected chi connectivity index (χ3v) is 3.04. The minimum Gasteiger partial charge on any atom is -0.459 e. The molecule has 0 aromatic carbocycles. The second kappa shape index (κ2) is 5.03. The van der Waals surface area contributed by atoms with Crippen molar-refractivity contribution in [3.05, 3.63) is 24.2 Å². The van der Waals surface area contributed by atoms with Crippen molar-refractivity contribution in [1.29, 1.82) is 0 Å². The molecule has 1 saturated heterocycles. The number of hydrogen-bond acceptors (Lipinski definition) is 3. The van der Waals surface area contributed by atoms with E-state index in [1.165, 1.54) is 6.26 Å². The van der Waals surface area contributed by atoms with Crippen LogP contribution in [0.15, 0.2) is 22.8 Å². The van der Waals surface area contributed by atoms with Crippen LogP contribution in [-0.2, 0) is 4.79 Å². The number of rotatable bonds is 2. The first-order valence-electron chi connectivity index (χ1n) is 5.80. The van der Waals surface area contributed by atoms with Crippen LogP contribution >= 0.6 is 0 Å². The first-order valence-corrected chi connectivity index (χ1v) is 5.80. The Morgan fingerprint density at radius 1 is 1.47 bits per heavy atom. The summed E-state index contributed by atoms with van der Waals surface area (Å²) in [6.45, 7) is 0.609. The number of furan rings is 1. The van der Waals surface area contributed by atoms with Gasteiger partial charge in [0.25, 0.3) is 5.91 Å². The topological polar surface area (TPSA) is 62.6 Å². The summed E-state index contributed by atoms with van der Waals surface area (Å²) >= 11 is 0. The maximum absolute atomic E-state index is 12.1. The zero-order valence-corrected chi connectivity index (χ0v) is 9.81. The van der Waals surface area contributed by atoms with Crippen molar-refractivity contribution < 1.29 is 14.0 Å². The summed E-state index contributed by atoms with van der Waals surface area (Å²) < 4.78 is 5.09. The van der Waals surface area contributed by atoms with Gasteiger partial charge in [-0.25, -0.2) is 0 Å². The van der Waals surface area contributed by atoms with E-state index in [0.717, 1.165) is 12.8 Å². The fourth-order valence-electron chi connectivity index (χ4n) is 2.16. The van der Waals surface area contributed by atoms with E-state index in [4.69, 9.17) is 4.42 Å². The molecule has 0 radical (unpaired) electrons. The highest BCUT2D eigenvalue weighted by Gasteiger charge is 2.32. The van der Waals surface area contributed by atoms with E-state index in [2.05, 4.69) is 5.32 Å². The van der Waals surface area contributed by atoms with Gasteiger partial charge in [-0.2, -0.15) is 0 Å². The Hall–Kier alpha value is -1.78. The second-order valence-corrected chi connectivity index (χ2v) is 4.10. The molecule has 0 spiro atoms. The molecule has 5 heteroatoms. The van der Waals surface area contributed by atoms with Crippen LogP contribution < -0.4 is 5.32 Å². The van der Waals surface area contributed by atoms with Crippen LogP contribution in [-0.4, -0.2) is 36.3 Å². The van der Waals surface area contributed by atoms with Gasteiger partial charge in [0.1, 0.15) is 6.04 Å². The van der Waals surface area contributed by atoms with E-state index in [1.807, 2.05) is 0 Å². The van der Waals surface area contributed by atoms with Crippen molar-refractivity contribution in [2.75, 3.05) is 13.6 Å². The van der Waals surface area contributed by atoms with E-state index in [-0.39, 0.29) is 17.9 Å². The summed E-state index contributed by atoms with van der Waals surface area (Å²) in [5, 5.41) is 2.60. The lowest BCUT2D eigenvalue weighted by molar-refractivity contribution is -0.126. The van der Waals surface area contributed by atoms with Crippen LogP contribution in [0.2, 0.25) is 0 Å². The SMILES string of the molecule is CNC(=O)[C@@H]1CCCCN1C(=O)c1ccco1. The highest BCUT2D eigenvalue weighted by atomic mass is 16.3. The lowest BCUT2D eigenvalue weighted by Gasteiger charge is -2.33. The smallest absolute Gasteiger partial charge is 0.290 e. The Bertz CT molecular complexity index is 400. The fraction of sp³-hybridized carbons (Fsp3) is 0.500. The molecular weight excluding hydrogens is 220 g/mol. The standard InChI is InChI=1S/C12H16N2O3/c1-13-11(15)9-5-2-3-7-14(9)12(16)10-6-4-8-17-10/h4,6,8-9H,2-3,5,7H2,1H3,(H,13,15)/t9-/m0/s1. The molecule has 1 atom stereocenters. The number of carbonyl (C=O) groups excluding carboxylic acids is 2. The lowest BCUT2D eigenvalue weighted by atomic mass is 10.0. The maximum atomic E-state index is 12.1. The molecule has 2 amide bonds. The maximum Gasteiger partial charge on any atom is 0.290 e. The Balaban J connectivity index is 2.16. The highest BCUT2D eigenvalue weighted by Crippen LogP contribution is 2.20. The van der Waals surface area contributed by atoms with Crippen LogP contribution in [0.4, 0.5) is 0 Å². The van der Waals surface area contributed by atoms with E-state index >= 15 is 0 Å². The van der Waals surface area contributed by atoms with Crippen molar-refractivity contribution >= 4 is 11.8 Å². The predicted molar refractivity (Wildman–Crippen MR) is 61.5 cm³/mol. The molecule has 0 unspecified atom stereocenters. The predicted octanol–water partition coefficient (Wildman–Crippen LogP) is 1.02. The third-order valence-electron chi connectivity index (χ3n) is 3.04.